The number of hydrogen-bond acceptors (Lipinski definition) is 1. The van der Waals surface area contributed by atoms with Crippen molar-refractivity contribution >= 4 is 6.29 Å². The van der Waals surface area contributed by atoms with Crippen LogP contribution in [0.4, 0.5) is 0 Å². The van der Waals surface area contributed by atoms with E-state index in [2.05, 4.69) is 6.92 Å². The van der Waals surface area contributed by atoms with Gasteiger partial charge in [-0.05, 0) is 12.8 Å². The van der Waals surface area contributed by atoms with Gasteiger partial charge >= 0.3 is 5.82 Å². The van der Waals surface area contributed by atoms with Crippen LogP contribution in [0.5, 0.6) is 0 Å². The topological polar surface area (TPSA) is 25.9 Å². The molecule has 3 heteroatoms. The molecule has 3 nitrogen and oxygen atoms in total. The Balaban J connectivity index is 2.46. The van der Waals surface area contributed by atoms with Crippen LogP contribution in [0, 0.1) is 0 Å². The van der Waals surface area contributed by atoms with Gasteiger partial charge in [-0.2, -0.15) is 0 Å². The van der Waals surface area contributed by atoms with Crippen LogP contribution in [0.3, 0.4) is 0 Å². The van der Waals surface area contributed by atoms with Gasteiger partial charge < -0.3 is 0 Å². The lowest BCUT2D eigenvalue weighted by Crippen LogP contribution is -2.31. The minimum absolute atomic E-state index is 0.751. The van der Waals surface area contributed by atoms with Gasteiger partial charge in [-0.15, -0.1) is 0 Å². The van der Waals surface area contributed by atoms with Crippen LogP contribution in [-0.2, 0) is 13.6 Å². The number of nitrogens with zero attached hydrogens (tertiary/aromatic N) is 2. The zero-order valence-electron chi connectivity index (χ0n) is 9.07. The van der Waals surface area contributed by atoms with Crippen molar-refractivity contribution in [2.75, 3.05) is 0 Å². The lowest BCUT2D eigenvalue weighted by molar-refractivity contribution is -0.672. The van der Waals surface area contributed by atoms with E-state index in [9.17, 15) is 4.79 Å². The molecule has 0 radical (unpaired) electrons. The molecule has 0 aromatic carbocycles. The van der Waals surface area contributed by atoms with Gasteiger partial charge in [0.05, 0.1) is 13.6 Å². The molecule has 0 bridgehead atoms. The molecular weight excluding hydrogens is 176 g/mol. The van der Waals surface area contributed by atoms with E-state index in [4.69, 9.17) is 0 Å². The quantitative estimate of drug-likeness (QED) is 0.385. The van der Waals surface area contributed by atoms with Crippen molar-refractivity contribution < 1.29 is 9.36 Å². The highest BCUT2D eigenvalue weighted by atomic mass is 16.1. The van der Waals surface area contributed by atoms with Crippen molar-refractivity contribution in [1.82, 2.24) is 4.57 Å². The summed E-state index contributed by atoms with van der Waals surface area (Å²) in [5.41, 5.74) is 0. The van der Waals surface area contributed by atoms with Gasteiger partial charge in [-0.1, -0.05) is 19.8 Å². The van der Waals surface area contributed by atoms with Crippen molar-refractivity contribution in [3.63, 3.8) is 0 Å². The summed E-state index contributed by atoms with van der Waals surface area (Å²) in [6, 6.07) is 0. The van der Waals surface area contributed by atoms with Crippen LogP contribution < -0.4 is 4.57 Å². The largest absolute Gasteiger partial charge is 0.321 e. The molecule has 14 heavy (non-hydrogen) atoms. The van der Waals surface area contributed by atoms with Crippen LogP contribution in [0.15, 0.2) is 12.4 Å². The van der Waals surface area contributed by atoms with Crippen LogP contribution in [-0.4, -0.2) is 10.9 Å². The van der Waals surface area contributed by atoms with Crippen molar-refractivity contribution in [2.45, 2.75) is 39.2 Å². The Labute approximate surface area is 85.4 Å². The van der Waals surface area contributed by atoms with E-state index in [0.29, 0.717) is 0 Å². The lowest BCUT2D eigenvalue weighted by Gasteiger charge is -1.98. The first-order valence-corrected chi connectivity index (χ1v) is 5.29. The first kappa shape index (κ1) is 11.0. The number of carbonyl (C=O) groups excluding carboxylic acids is 1. The fourth-order valence-corrected chi connectivity index (χ4v) is 1.58. The number of aryl methyl sites for hydroxylation is 2. The summed E-state index contributed by atoms with van der Waals surface area (Å²) in [5.74, 6) is 0.751. The summed E-state index contributed by atoms with van der Waals surface area (Å²) < 4.78 is 3.87. The number of aromatic nitrogens is 2. The van der Waals surface area contributed by atoms with Crippen molar-refractivity contribution in [1.29, 1.82) is 0 Å². The van der Waals surface area contributed by atoms with Gasteiger partial charge in [-0.25, -0.2) is 9.13 Å². The molecular formula is C11H19N2O+. The van der Waals surface area contributed by atoms with Crippen molar-refractivity contribution in [2.24, 2.45) is 7.05 Å². The molecule has 78 valence electrons. The maximum absolute atomic E-state index is 10.8. The van der Waals surface area contributed by atoms with Gasteiger partial charge in [0, 0.05) is 0 Å². The highest BCUT2D eigenvalue weighted by molar-refractivity contribution is 5.66. The van der Waals surface area contributed by atoms with E-state index in [-0.39, 0.29) is 0 Å². The van der Waals surface area contributed by atoms with E-state index in [1.165, 1.54) is 19.3 Å². The Hall–Kier alpha value is -1.12. The highest BCUT2D eigenvalue weighted by Crippen LogP contribution is 2.02. The third kappa shape index (κ3) is 2.69. The highest BCUT2D eigenvalue weighted by Gasteiger charge is 2.11. The SMILES string of the molecule is CCCCCCn1cc[n+](C)c1C=O. The number of carbonyl (C=O) groups is 1. The fraction of sp³-hybridized carbons (Fsp3) is 0.636. The molecule has 0 aliphatic heterocycles. The summed E-state index contributed by atoms with van der Waals surface area (Å²) in [7, 11) is 1.90. The number of aldehydes is 1. The average molecular weight is 195 g/mol. The molecule has 0 fully saturated rings. The fourth-order valence-electron chi connectivity index (χ4n) is 1.58. The number of hydrogen-bond donors (Lipinski definition) is 0. The van der Waals surface area contributed by atoms with Crippen molar-refractivity contribution in [3.8, 4) is 0 Å². The number of rotatable bonds is 6. The molecule has 0 atom stereocenters. The molecule has 1 aromatic heterocycles. The molecule has 0 aliphatic rings. The Bertz CT molecular complexity index is 291. The second-order valence-corrected chi connectivity index (χ2v) is 3.64. The standard InChI is InChI=1S/C11H19N2O/c1-3-4-5-6-7-13-9-8-12(2)11(13)10-14/h8-10H,3-7H2,1-2H3/q+1. The normalized spacial score (nSPS) is 10.4. The first-order valence-electron chi connectivity index (χ1n) is 5.29. The number of unbranched alkanes of at least 4 members (excludes halogenated alkanes) is 3. The summed E-state index contributed by atoms with van der Waals surface area (Å²) in [4.78, 5) is 10.8. The second kappa shape index (κ2) is 5.58. The van der Waals surface area contributed by atoms with Gasteiger partial charge in [-0.3, -0.25) is 4.79 Å². The van der Waals surface area contributed by atoms with E-state index in [1.807, 2.05) is 28.6 Å². The Morgan fingerprint density at radius 2 is 2.21 bits per heavy atom. The lowest BCUT2D eigenvalue weighted by atomic mass is 10.2. The summed E-state index contributed by atoms with van der Waals surface area (Å²) in [6.45, 7) is 3.15. The number of imidazole rings is 1. The predicted molar refractivity (Wildman–Crippen MR) is 55.1 cm³/mol. The Morgan fingerprint density at radius 1 is 1.43 bits per heavy atom. The molecule has 1 rings (SSSR count). The molecule has 0 spiro atoms. The van der Waals surface area contributed by atoms with Crippen LogP contribution in [0.2, 0.25) is 0 Å². The molecule has 0 N–H and O–H groups in total. The average Bonchev–Trinajstić information content (AvgIpc) is 2.54. The van der Waals surface area contributed by atoms with E-state index in [1.54, 1.807) is 0 Å². The van der Waals surface area contributed by atoms with Gasteiger partial charge in [0.15, 0.2) is 0 Å². The third-order valence-corrected chi connectivity index (χ3v) is 2.48. The molecule has 0 unspecified atom stereocenters. The molecule has 0 amide bonds. The van der Waals surface area contributed by atoms with Gasteiger partial charge in [0.1, 0.15) is 12.4 Å². The maximum Gasteiger partial charge on any atom is 0.321 e. The molecule has 1 heterocycles. The van der Waals surface area contributed by atoms with E-state index < -0.39 is 0 Å². The molecule has 0 saturated carbocycles. The maximum atomic E-state index is 10.8. The zero-order chi connectivity index (χ0) is 10.4. The molecule has 1 aromatic rings. The van der Waals surface area contributed by atoms with Crippen molar-refractivity contribution in [3.05, 3.63) is 18.2 Å². The van der Waals surface area contributed by atoms with E-state index >= 15 is 0 Å². The Kier molecular flexibility index (Phi) is 4.36. The van der Waals surface area contributed by atoms with Crippen LogP contribution in [0.1, 0.15) is 43.2 Å². The molecule has 0 saturated heterocycles. The predicted octanol–water partition coefficient (Wildman–Crippen LogP) is 1.71. The monoisotopic (exact) mass is 195 g/mol. The zero-order valence-corrected chi connectivity index (χ0v) is 9.07. The van der Waals surface area contributed by atoms with E-state index in [0.717, 1.165) is 25.1 Å². The smallest absolute Gasteiger partial charge is 0.289 e. The Morgan fingerprint density at radius 3 is 2.86 bits per heavy atom. The molecule has 0 aliphatic carbocycles. The van der Waals surface area contributed by atoms with Crippen LogP contribution in [0.25, 0.3) is 0 Å². The van der Waals surface area contributed by atoms with Gasteiger partial charge in [0.25, 0.3) is 0 Å². The second-order valence-electron chi connectivity index (χ2n) is 3.64. The summed E-state index contributed by atoms with van der Waals surface area (Å²) in [5, 5.41) is 0. The summed E-state index contributed by atoms with van der Waals surface area (Å²) >= 11 is 0. The third-order valence-electron chi connectivity index (χ3n) is 2.48. The minimum Gasteiger partial charge on any atom is -0.289 e. The first-order chi connectivity index (χ1) is 6.79. The van der Waals surface area contributed by atoms with Gasteiger partial charge in [0.2, 0.25) is 6.29 Å². The minimum atomic E-state index is 0.751. The summed E-state index contributed by atoms with van der Waals surface area (Å²) in [6.07, 6.45) is 9.74. The van der Waals surface area contributed by atoms with Crippen LogP contribution >= 0.6 is 0 Å².